The van der Waals surface area contributed by atoms with Crippen molar-refractivity contribution >= 4 is 16.9 Å². The average molecular weight is 515 g/mol. The zero-order valence-electron chi connectivity index (χ0n) is 20.2. The van der Waals surface area contributed by atoms with Crippen LogP contribution in [0.4, 0.5) is 13.2 Å². The van der Waals surface area contributed by atoms with Crippen LogP contribution in [0.1, 0.15) is 29.3 Å². The molecule has 0 spiro atoms. The molecule has 0 fully saturated rings. The highest BCUT2D eigenvalue weighted by Gasteiger charge is 2.35. The van der Waals surface area contributed by atoms with Crippen molar-refractivity contribution in [3.63, 3.8) is 0 Å². The van der Waals surface area contributed by atoms with E-state index < -0.39 is 17.7 Å². The molecule has 0 aliphatic heterocycles. The van der Waals surface area contributed by atoms with Crippen molar-refractivity contribution in [1.29, 1.82) is 0 Å². The van der Waals surface area contributed by atoms with E-state index in [4.69, 9.17) is 24.4 Å². The van der Waals surface area contributed by atoms with E-state index in [1.54, 1.807) is 43.3 Å². The van der Waals surface area contributed by atoms with Gasteiger partial charge in [-0.3, -0.25) is 9.78 Å². The molecular formula is C27H25F3N2O5. The summed E-state index contributed by atoms with van der Waals surface area (Å²) in [5.74, 6) is 0.425. The third-order valence-electron chi connectivity index (χ3n) is 5.68. The maximum absolute atomic E-state index is 13.7. The van der Waals surface area contributed by atoms with Crippen molar-refractivity contribution in [2.45, 2.75) is 32.7 Å². The first kappa shape index (κ1) is 26.0. The molecule has 37 heavy (non-hydrogen) atoms. The second kappa shape index (κ2) is 10.9. The van der Waals surface area contributed by atoms with Gasteiger partial charge < -0.3 is 24.4 Å². The molecular weight excluding hydrogens is 489 g/mol. The van der Waals surface area contributed by atoms with Crippen molar-refractivity contribution in [3.8, 4) is 22.6 Å². The highest BCUT2D eigenvalue weighted by atomic mass is 19.4. The fourth-order valence-corrected chi connectivity index (χ4v) is 3.94. The number of nitrogens with two attached hydrogens (primary N) is 1. The predicted molar refractivity (Wildman–Crippen MR) is 130 cm³/mol. The van der Waals surface area contributed by atoms with Crippen LogP contribution >= 0.6 is 0 Å². The summed E-state index contributed by atoms with van der Waals surface area (Å²) in [4.78, 5) is 16.2. The molecule has 194 valence electrons. The predicted octanol–water partition coefficient (Wildman–Crippen LogP) is 5.67. The number of rotatable bonds is 9. The first-order valence-corrected chi connectivity index (χ1v) is 11.5. The highest BCUT2D eigenvalue weighted by Crippen LogP contribution is 2.40. The summed E-state index contributed by atoms with van der Waals surface area (Å²) in [6, 6.07) is 11.5. The molecule has 0 radical (unpaired) electrons. The Balaban J connectivity index is 1.75. The lowest BCUT2D eigenvalue weighted by Crippen LogP contribution is -2.09. The van der Waals surface area contributed by atoms with Gasteiger partial charge in [-0.25, -0.2) is 0 Å². The molecule has 10 heteroatoms. The summed E-state index contributed by atoms with van der Waals surface area (Å²) in [6.45, 7) is 2.04. The van der Waals surface area contributed by atoms with Gasteiger partial charge in [-0.1, -0.05) is 6.07 Å². The average Bonchev–Trinajstić information content (AvgIpc) is 3.32. The minimum atomic E-state index is -4.61. The number of benzene rings is 2. The van der Waals surface area contributed by atoms with E-state index in [-0.39, 0.29) is 37.1 Å². The Labute approximate surface area is 210 Å². The minimum absolute atomic E-state index is 0.0315. The number of esters is 1. The molecule has 4 rings (SSSR count). The molecule has 0 aliphatic rings. The second-order valence-electron chi connectivity index (χ2n) is 8.15. The van der Waals surface area contributed by atoms with Gasteiger partial charge in [0.15, 0.2) is 0 Å². The fraction of sp³-hybridized carbons (Fsp3) is 0.259. The first-order valence-electron chi connectivity index (χ1n) is 11.5. The largest absolute Gasteiger partial charge is 0.497 e. The van der Waals surface area contributed by atoms with Crippen LogP contribution in [0.15, 0.2) is 59.3 Å². The number of fused-ring (bicyclic) bond motifs is 1. The Kier molecular flexibility index (Phi) is 7.68. The molecule has 0 saturated heterocycles. The van der Waals surface area contributed by atoms with E-state index >= 15 is 0 Å². The number of nitrogens with zero attached hydrogens (tertiary/aromatic N) is 1. The molecule has 0 atom stereocenters. The summed E-state index contributed by atoms with van der Waals surface area (Å²) in [6.07, 6.45) is -2.39. The lowest BCUT2D eigenvalue weighted by molar-refractivity contribution is -0.142. The van der Waals surface area contributed by atoms with E-state index in [1.165, 1.54) is 19.4 Å². The third-order valence-corrected chi connectivity index (χ3v) is 5.68. The summed E-state index contributed by atoms with van der Waals surface area (Å²) in [7, 11) is 1.49. The van der Waals surface area contributed by atoms with Gasteiger partial charge in [0.2, 0.25) is 0 Å². The third kappa shape index (κ3) is 5.86. The van der Waals surface area contributed by atoms with E-state index in [0.29, 0.717) is 45.7 Å². The molecule has 0 bridgehead atoms. The molecule has 2 aromatic carbocycles. The molecule has 0 saturated carbocycles. The lowest BCUT2D eigenvalue weighted by atomic mass is 9.99. The maximum Gasteiger partial charge on any atom is 0.420 e. The monoisotopic (exact) mass is 514 g/mol. The number of ether oxygens (including phenoxy) is 3. The van der Waals surface area contributed by atoms with Crippen LogP contribution in [0.3, 0.4) is 0 Å². The Morgan fingerprint density at radius 2 is 1.95 bits per heavy atom. The number of carbonyl (C=O) groups is 1. The lowest BCUT2D eigenvalue weighted by Gasteiger charge is -2.14. The van der Waals surface area contributed by atoms with E-state index in [2.05, 4.69) is 4.98 Å². The molecule has 2 aromatic heterocycles. The van der Waals surface area contributed by atoms with Crippen LogP contribution in [0.5, 0.6) is 11.5 Å². The standard InChI is InChI=1S/C27H25F3N2O5/c1-3-35-25(33)11-18-4-5-20(34-2)12-24(18)36-14-16-8-21(17-6-7-32-19(10-17)13-31)26-22(9-16)23(15-37-26)27(28,29)30/h4-10,12,15H,3,11,13-14,31H2,1-2H3. The number of hydrogen-bond acceptors (Lipinski definition) is 7. The highest BCUT2D eigenvalue weighted by molar-refractivity contribution is 5.95. The second-order valence-corrected chi connectivity index (χ2v) is 8.15. The Bertz CT molecular complexity index is 1420. The van der Waals surface area contributed by atoms with Gasteiger partial charge in [0.25, 0.3) is 0 Å². The summed E-state index contributed by atoms with van der Waals surface area (Å²) < 4.78 is 62.9. The number of alkyl halides is 3. The minimum Gasteiger partial charge on any atom is -0.497 e. The summed E-state index contributed by atoms with van der Waals surface area (Å²) >= 11 is 0. The number of hydrogen-bond donors (Lipinski definition) is 1. The summed E-state index contributed by atoms with van der Waals surface area (Å²) in [5.41, 5.74) is 7.56. The van der Waals surface area contributed by atoms with Gasteiger partial charge in [-0.05, 0) is 48.4 Å². The number of pyridine rings is 1. The van der Waals surface area contributed by atoms with Crippen LogP contribution in [0.2, 0.25) is 0 Å². The zero-order chi connectivity index (χ0) is 26.6. The van der Waals surface area contributed by atoms with Gasteiger partial charge in [0, 0.05) is 35.3 Å². The van der Waals surface area contributed by atoms with Gasteiger partial charge in [-0.2, -0.15) is 13.2 Å². The number of carbonyl (C=O) groups excluding carboxylic acids is 1. The fourth-order valence-electron chi connectivity index (χ4n) is 3.94. The molecule has 2 heterocycles. The molecule has 0 aliphatic carbocycles. The maximum atomic E-state index is 13.7. The topological polar surface area (TPSA) is 96.8 Å². The van der Waals surface area contributed by atoms with Crippen molar-refractivity contribution in [2.75, 3.05) is 13.7 Å². The Morgan fingerprint density at radius 1 is 1.14 bits per heavy atom. The van der Waals surface area contributed by atoms with E-state index in [0.717, 1.165) is 0 Å². The van der Waals surface area contributed by atoms with E-state index in [1.807, 2.05) is 0 Å². The smallest absolute Gasteiger partial charge is 0.420 e. The normalized spacial score (nSPS) is 11.5. The van der Waals surface area contributed by atoms with Crippen LogP contribution in [-0.4, -0.2) is 24.7 Å². The Morgan fingerprint density at radius 3 is 2.65 bits per heavy atom. The molecule has 7 nitrogen and oxygen atoms in total. The van der Waals surface area contributed by atoms with Crippen molar-refractivity contribution in [2.24, 2.45) is 5.73 Å². The van der Waals surface area contributed by atoms with E-state index in [9.17, 15) is 18.0 Å². The van der Waals surface area contributed by atoms with Crippen molar-refractivity contribution < 1.29 is 36.6 Å². The molecule has 2 N–H and O–H groups in total. The van der Waals surface area contributed by atoms with Gasteiger partial charge in [0.05, 0.1) is 25.8 Å². The SMILES string of the molecule is CCOC(=O)Cc1ccc(OC)cc1OCc1cc(-c2ccnc(CN)c2)c2occ(C(F)(F)F)c2c1. The van der Waals surface area contributed by atoms with Crippen LogP contribution in [0.25, 0.3) is 22.1 Å². The number of aromatic nitrogens is 1. The zero-order valence-corrected chi connectivity index (χ0v) is 20.2. The molecule has 0 unspecified atom stereocenters. The number of furan rings is 1. The van der Waals surface area contributed by atoms with Crippen molar-refractivity contribution in [1.82, 2.24) is 4.98 Å². The van der Waals surface area contributed by atoms with Crippen LogP contribution in [0, 0.1) is 0 Å². The Hall–Kier alpha value is -4.05. The van der Waals surface area contributed by atoms with Gasteiger partial charge >= 0.3 is 12.1 Å². The summed E-state index contributed by atoms with van der Waals surface area (Å²) in [5, 5.41) is -0.0906. The molecule has 4 aromatic rings. The van der Waals surface area contributed by atoms with Crippen LogP contribution in [-0.2, 0) is 35.3 Å². The van der Waals surface area contributed by atoms with Crippen LogP contribution < -0.4 is 15.2 Å². The first-order chi connectivity index (χ1) is 17.7. The van der Waals surface area contributed by atoms with Gasteiger partial charge in [-0.15, -0.1) is 0 Å². The number of methoxy groups -OCH3 is 1. The number of halogens is 3. The van der Waals surface area contributed by atoms with Gasteiger partial charge in [0.1, 0.15) is 35.5 Å². The quantitative estimate of drug-likeness (QED) is 0.288. The molecule has 0 amide bonds. The van der Waals surface area contributed by atoms with Crippen molar-refractivity contribution in [3.05, 3.63) is 77.3 Å².